The van der Waals surface area contributed by atoms with Gasteiger partial charge in [-0.15, -0.1) is 0 Å². The van der Waals surface area contributed by atoms with Crippen LogP contribution in [-0.4, -0.2) is 19.6 Å². The minimum atomic E-state index is -1.07. The fourth-order valence-electron chi connectivity index (χ4n) is 1.14. The maximum Gasteiger partial charge on any atom is 0.269 e. The van der Waals surface area contributed by atoms with Crippen molar-refractivity contribution in [3.8, 4) is 5.75 Å². The van der Waals surface area contributed by atoms with Gasteiger partial charge in [0.25, 0.3) is 5.69 Å². The van der Waals surface area contributed by atoms with Crippen LogP contribution in [0.15, 0.2) is 24.3 Å². The van der Waals surface area contributed by atoms with E-state index in [1.165, 1.54) is 12.1 Å². The monoisotopic (exact) mass is 239 g/mol. The highest BCUT2D eigenvalue weighted by Gasteiger charge is 2.12. The molecule has 0 aromatic heterocycles. The summed E-state index contributed by atoms with van der Waals surface area (Å²) in [5.74, 6) is 0.698. The highest BCUT2D eigenvalue weighted by atomic mass is 28.3. The molecule has 0 radical (unpaired) electrons. The van der Waals surface area contributed by atoms with E-state index in [4.69, 9.17) is 4.74 Å². The van der Waals surface area contributed by atoms with Gasteiger partial charge < -0.3 is 4.74 Å². The maximum atomic E-state index is 10.4. The molecule has 0 amide bonds. The second-order valence-electron chi connectivity index (χ2n) is 4.91. The lowest BCUT2D eigenvalue weighted by molar-refractivity contribution is -0.384. The molecule has 0 spiro atoms. The van der Waals surface area contributed by atoms with Crippen LogP contribution < -0.4 is 4.74 Å². The molecule has 0 heterocycles. The Hall–Kier alpha value is -1.36. The summed E-state index contributed by atoms with van der Waals surface area (Å²) < 4.78 is 5.53. The van der Waals surface area contributed by atoms with E-state index in [0.29, 0.717) is 12.4 Å². The quantitative estimate of drug-likeness (QED) is 0.450. The van der Waals surface area contributed by atoms with Crippen molar-refractivity contribution < 1.29 is 9.66 Å². The highest BCUT2D eigenvalue weighted by Crippen LogP contribution is 2.18. The van der Waals surface area contributed by atoms with Crippen LogP contribution in [0.25, 0.3) is 0 Å². The average Bonchev–Trinajstić information content (AvgIpc) is 2.16. The molecule has 0 saturated heterocycles. The van der Waals surface area contributed by atoms with E-state index in [-0.39, 0.29) is 5.69 Å². The third-order valence-corrected chi connectivity index (χ3v) is 3.87. The van der Waals surface area contributed by atoms with E-state index >= 15 is 0 Å². The summed E-state index contributed by atoms with van der Waals surface area (Å²) in [6.07, 6.45) is 0. The Morgan fingerprint density at radius 1 is 1.25 bits per heavy atom. The van der Waals surface area contributed by atoms with Gasteiger partial charge in [-0.1, -0.05) is 19.6 Å². The standard InChI is InChI=1S/C11H17NO3Si/c1-16(2,3)9-8-15-11-6-4-10(5-7-11)12(13)14/h4-7H,8-9H2,1-3H3. The number of non-ortho nitro benzene ring substituents is 1. The second kappa shape index (κ2) is 5.11. The van der Waals surface area contributed by atoms with Gasteiger partial charge in [-0.25, -0.2) is 0 Å². The summed E-state index contributed by atoms with van der Waals surface area (Å²) in [5, 5.41) is 10.4. The molecular formula is C11H17NO3Si. The Labute approximate surface area is 96.4 Å². The van der Waals surface area contributed by atoms with Gasteiger partial charge in [0, 0.05) is 20.2 Å². The van der Waals surface area contributed by atoms with Crippen LogP contribution in [0.5, 0.6) is 5.75 Å². The molecule has 0 unspecified atom stereocenters. The molecule has 0 atom stereocenters. The molecule has 1 aromatic rings. The van der Waals surface area contributed by atoms with Crippen molar-refractivity contribution in [2.24, 2.45) is 0 Å². The number of hydrogen-bond acceptors (Lipinski definition) is 3. The molecule has 0 aliphatic carbocycles. The number of hydrogen-bond donors (Lipinski definition) is 0. The molecular weight excluding hydrogens is 222 g/mol. The lowest BCUT2D eigenvalue weighted by Crippen LogP contribution is -2.22. The third-order valence-electron chi connectivity index (χ3n) is 2.17. The van der Waals surface area contributed by atoms with Gasteiger partial charge >= 0.3 is 0 Å². The van der Waals surface area contributed by atoms with Crippen LogP contribution in [0.3, 0.4) is 0 Å². The van der Waals surface area contributed by atoms with Crippen LogP contribution in [0.2, 0.25) is 25.7 Å². The van der Waals surface area contributed by atoms with Gasteiger partial charge in [0.1, 0.15) is 5.75 Å². The van der Waals surface area contributed by atoms with Gasteiger partial charge in [0.05, 0.1) is 11.5 Å². The van der Waals surface area contributed by atoms with Crippen LogP contribution >= 0.6 is 0 Å². The molecule has 1 aromatic carbocycles. The zero-order chi connectivity index (χ0) is 12.2. The number of nitro groups is 1. The molecule has 5 heteroatoms. The van der Waals surface area contributed by atoms with Gasteiger partial charge in [-0.2, -0.15) is 0 Å². The van der Waals surface area contributed by atoms with Crippen molar-refractivity contribution >= 4 is 13.8 Å². The first-order chi connectivity index (χ1) is 7.38. The summed E-state index contributed by atoms with van der Waals surface area (Å²) in [6, 6.07) is 7.29. The minimum absolute atomic E-state index is 0.0950. The fourth-order valence-corrected chi connectivity index (χ4v) is 1.85. The fraction of sp³-hybridized carbons (Fsp3) is 0.455. The zero-order valence-electron chi connectivity index (χ0n) is 9.90. The molecule has 4 nitrogen and oxygen atoms in total. The SMILES string of the molecule is C[Si](C)(C)CCOc1ccc([N+](=O)[O-])cc1. The van der Waals surface area contributed by atoms with E-state index in [0.717, 1.165) is 6.04 Å². The molecule has 1 rings (SSSR count). The van der Waals surface area contributed by atoms with Gasteiger partial charge in [-0.05, 0) is 18.2 Å². The molecule has 0 N–H and O–H groups in total. The predicted molar refractivity (Wildman–Crippen MR) is 66.7 cm³/mol. The molecule has 16 heavy (non-hydrogen) atoms. The summed E-state index contributed by atoms with van der Waals surface area (Å²) in [4.78, 5) is 10.0. The average molecular weight is 239 g/mol. The largest absolute Gasteiger partial charge is 0.494 e. The first-order valence-electron chi connectivity index (χ1n) is 5.26. The predicted octanol–water partition coefficient (Wildman–Crippen LogP) is 3.31. The van der Waals surface area contributed by atoms with E-state index in [1.54, 1.807) is 12.1 Å². The maximum absolute atomic E-state index is 10.4. The first kappa shape index (κ1) is 12.7. The molecule has 0 aliphatic heterocycles. The number of nitro benzene ring substituents is 1. The summed E-state index contributed by atoms with van der Waals surface area (Å²) >= 11 is 0. The van der Waals surface area contributed by atoms with Crippen molar-refractivity contribution in [3.05, 3.63) is 34.4 Å². The Balaban J connectivity index is 2.47. The number of nitrogens with zero attached hydrogens (tertiary/aromatic N) is 1. The second-order valence-corrected chi connectivity index (χ2v) is 10.5. The van der Waals surface area contributed by atoms with Gasteiger partial charge in [-0.3, -0.25) is 10.1 Å². The summed E-state index contributed by atoms with van der Waals surface area (Å²) in [5.41, 5.74) is 0.0950. The van der Waals surface area contributed by atoms with E-state index in [2.05, 4.69) is 19.6 Å². The molecule has 0 bridgehead atoms. The van der Waals surface area contributed by atoms with Crippen molar-refractivity contribution in [1.29, 1.82) is 0 Å². The Bertz CT molecular complexity index is 356. The van der Waals surface area contributed by atoms with E-state index < -0.39 is 13.0 Å². The number of rotatable bonds is 5. The zero-order valence-corrected chi connectivity index (χ0v) is 10.9. The van der Waals surface area contributed by atoms with Crippen LogP contribution in [0.4, 0.5) is 5.69 Å². The van der Waals surface area contributed by atoms with Crippen LogP contribution in [-0.2, 0) is 0 Å². The van der Waals surface area contributed by atoms with Crippen molar-refractivity contribution in [3.63, 3.8) is 0 Å². The molecule has 0 saturated carbocycles. The van der Waals surface area contributed by atoms with Crippen molar-refractivity contribution in [2.45, 2.75) is 25.7 Å². The highest BCUT2D eigenvalue weighted by molar-refractivity contribution is 6.76. The van der Waals surface area contributed by atoms with Gasteiger partial charge in [0.15, 0.2) is 0 Å². The Morgan fingerprint density at radius 2 is 1.81 bits per heavy atom. The first-order valence-corrected chi connectivity index (χ1v) is 8.96. The van der Waals surface area contributed by atoms with Crippen LogP contribution in [0, 0.1) is 10.1 Å². The van der Waals surface area contributed by atoms with Gasteiger partial charge in [0.2, 0.25) is 0 Å². The lowest BCUT2D eigenvalue weighted by atomic mass is 10.3. The Morgan fingerprint density at radius 3 is 2.25 bits per heavy atom. The summed E-state index contributed by atoms with van der Waals surface area (Å²) in [7, 11) is -1.07. The Kier molecular flexibility index (Phi) is 4.06. The lowest BCUT2D eigenvalue weighted by Gasteiger charge is -2.15. The number of ether oxygens (including phenoxy) is 1. The smallest absolute Gasteiger partial charge is 0.269 e. The molecule has 0 aliphatic rings. The van der Waals surface area contributed by atoms with E-state index in [9.17, 15) is 10.1 Å². The van der Waals surface area contributed by atoms with E-state index in [1.807, 2.05) is 0 Å². The summed E-state index contributed by atoms with van der Waals surface area (Å²) in [6.45, 7) is 7.54. The third kappa shape index (κ3) is 4.44. The number of benzene rings is 1. The van der Waals surface area contributed by atoms with Crippen molar-refractivity contribution in [2.75, 3.05) is 6.61 Å². The topological polar surface area (TPSA) is 52.4 Å². The van der Waals surface area contributed by atoms with Crippen molar-refractivity contribution in [1.82, 2.24) is 0 Å². The molecule has 0 fully saturated rings. The minimum Gasteiger partial charge on any atom is -0.494 e. The molecule has 88 valence electrons. The van der Waals surface area contributed by atoms with Crippen LogP contribution in [0.1, 0.15) is 0 Å². The normalized spacial score (nSPS) is 11.2.